The van der Waals surface area contributed by atoms with Gasteiger partial charge in [0, 0.05) is 12.1 Å². The molecule has 5 nitrogen and oxygen atoms in total. The van der Waals surface area contributed by atoms with E-state index in [9.17, 15) is 14.9 Å². The molecule has 0 saturated carbocycles. The standard InChI is InChI=1S/C9H8BrNO4/c10-8(5-9(12)13)6-2-1-3-7(4-6)11(14)15/h1-4,8H,5H2,(H,12,13). The molecule has 1 aromatic rings. The number of carbonyl (C=O) groups is 1. The summed E-state index contributed by atoms with van der Waals surface area (Å²) in [6.07, 6.45) is -0.110. The van der Waals surface area contributed by atoms with E-state index in [0.29, 0.717) is 5.56 Å². The van der Waals surface area contributed by atoms with Gasteiger partial charge >= 0.3 is 5.97 Å². The molecule has 15 heavy (non-hydrogen) atoms. The number of non-ortho nitro benzene ring substituents is 1. The first kappa shape index (κ1) is 11.6. The number of nitro groups is 1. The molecule has 0 fully saturated rings. The van der Waals surface area contributed by atoms with E-state index in [1.54, 1.807) is 6.07 Å². The summed E-state index contributed by atoms with van der Waals surface area (Å²) in [5.74, 6) is -0.955. The van der Waals surface area contributed by atoms with Crippen molar-refractivity contribution in [3.63, 3.8) is 0 Å². The molecule has 0 saturated heterocycles. The summed E-state index contributed by atoms with van der Waals surface area (Å²) in [6.45, 7) is 0. The van der Waals surface area contributed by atoms with Crippen LogP contribution >= 0.6 is 15.9 Å². The zero-order valence-electron chi connectivity index (χ0n) is 7.59. The van der Waals surface area contributed by atoms with Gasteiger partial charge in [-0.1, -0.05) is 28.1 Å². The summed E-state index contributed by atoms with van der Waals surface area (Å²) in [5.41, 5.74) is 0.550. The smallest absolute Gasteiger partial charge is 0.304 e. The molecular formula is C9H8BrNO4. The number of benzene rings is 1. The fourth-order valence-electron chi connectivity index (χ4n) is 1.10. The number of halogens is 1. The Morgan fingerprint density at radius 2 is 2.27 bits per heavy atom. The summed E-state index contributed by atoms with van der Waals surface area (Å²) in [5, 5.41) is 19.0. The van der Waals surface area contributed by atoms with Gasteiger partial charge in [0.1, 0.15) is 0 Å². The highest BCUT2D eigenvalue weighted by Crippen LogP contribution is 2.28. The first-order valence-electron chi connectivity index (χ1n) is 4.11. The molecule has 0 aliphatic heterocycles. The number of hydrogen-bond acceptors (Lipinski definition) is 3. The summed E-state index contributed by atoms with van der Waals surface area (Å²) in [6, 6.07) is 5.91. The highest BCUT2D eigenvalue weighted by atomic mass is 79.9. The minimum atomic E-state index is -0.955. The first-order valence-corrected chi connectivity index (χ1v) is 5.02. The normalized spacial score (nSPS) is 12.1. The van der Waals surface area contributed by atoms with Crippen molar-refractivity contribution in [2.75, 3.05) is 0 Å². The quantitative estimate of drug-likeness (QED) is 0.519. The van der Waals surface area contributed by atoms with Crippen LogP contribution < -0.4 is 0 Å². The molecule has 0 radical (unpaired) electrons. The van der Waals surface area contributed by atoms with Gasteiger partial charge in [-0.2, -0.15) is 0 Å². The minimum Gasteiger partial charge on any atom is -0.481 e. The maximum atomic E-state index is 10.5. The van der Waals surface area contributed by atoms with Crippen LogP contribution in [0.3, 0.4) is 0 Å². The Balaban J connectivity index is 2.89. The number of aliphatic carboxylic acids is 1. The number of nitrogens with zero attached hydrogens (tertiary/aromatic N) is 1. The van der Waals surface area contributed by atoms with Crippen LogP contribution in [0.25, 0.3) is 0 Å². The van der Waals surface area contributed by atoms with E-state index in [1.165, 1.54) is 18.2 Å². The number of carboxylic acid groups (broad SMARTS) is 1. The lowest BCUT2D eigenvalue weighted by atomic mass is 10.1. The zero-order chi connectivity index (χ0) is 11.4. The Bertz CT molecular complexity index is 393. The van der Waals surface area contributed by atoms with Gasteiger partial charge in [-0.25, -0.2) is 0 Å². The van der Waals surface area contributed by atoms with Crippen LogP contribution in [0.5, 0.6) is 0 Å². The van der Waals surface area contributed by atoms with Gasteiger partial charge < -0.3 is 5.11 Å². The second kappa shape index (κ2) is 4.88. The molecule has 1 atom stereocenters. The van der Waals surface area contributed by atoms with Gasteiger partial charge in [0.2, 0.25) is 0 Å². The van der Waals surface area contributed by atoms with Crippen LogP contribution in [0.2, 0.25) is 0 Å². The molecule has 0 aromatic heterocycles. The van der Waals surface area contributed by atoms with E-state index in [1.807, 2.05) is 0 Å². The molecule has 0 amide bonds. The molecule has 80 valence electrons. The number of nitro benzene ring substituents is 1. The van der Waals surface area contributed by atoms with Gasteiger partial charge in [-0.15, -0.1) is 0 Å². The molecule has 0 bridgehead atoms. The maximum absolute atomic E-state index is 10.5. The molecular weight excluding hydrogens is 266 g/mol. The predicted octanol–water partition coefficient (Wildman–Crippen LogP) is 2.51. The Morgan fingerprint density at radius 1 is 1.60 bits per heavy atom. The fourth-order valence-corrected chi connectivity index (χ4v) is 1.67. The zero-order valence-corrected chi connectivity index (χ0v) is 9.18. The summed E-state index contributed by atoms with van der Waals surface area (Å²) < 4.78 is 0. The Labute approximate surface area is 94.0 Å². The van der Waals surface area contributed by atoms with Crippen molar-refractivity contribution in [2.45, 2.75) is 11.2 Å². The first-order chi connectivity index (χ1) is 7.00. The lowest BCUT2D eigenvalue weighted by Crippen LogP contribution is -2.01. The lowest BCUT2D eigenvalue weighted by Gasteiger charge is -2.06. The fraction of sp³-hybridized carbons (Fsp3) is 0.222. The average molecular weight is 274 g/mol. The summed E-state index contributed by atoms with van der Waals surface area (Å²) in [7, 11) is 0. The Morgan fingerprint density at radius 3 is 2.80 bits per heavy atom. The number of hydrogen-bond donors (Lipinski definition) is 1. The second-order valence-electron chi connectivity index (χ2n) is 2.92. The molecule has 1 N–H and O–H groups in total. The topological polar surface area (TPSA) is 80.4 Å². The maximum Gasteiger partial charge on any atom is 0.304 e. The van der Waals surface area contributed by atoms with Gasteiger partial charge in [0.05, 0.1) is 16.2 Å². The van der Waals surface area contributed by atoms with E-state index in [-0.39, 0.29) is 12.1 Å². The van der Waals surface area contributed by atoms with E-state index in [2.05, 4.69) is 15.9 Å². The molecule has 1 rings (SSSR count). The van der Waals surface area contributed by atoms with Crippen LogP contribution in [0.4, 0.5) is 5.69 Å². The molecule has 0 aliphatic rings. The second-order valence-corrected chi connectivity index (χ2v) is 4.02. The predicted molar refractivity (Wildman–Crippen MR) is 57.0 cm³/mol. The molecule has 6 heteroatoms. The van der Waals surface area contributed by atoms with Crippen molar-refractivity contribution in [1.82, 2.24) is 0 Å². The number of alkyl halides is 1. The molecule has 1 unspecified atom stereocenters. The monoisotopic (exact) mass is 273 g/mol. The third-order valence-corrected chi connectivity index (χ3v) is 2.65. The van der Waals surface area contributed by atoms with Crippen LogP contribution in [0.1, 0.15) is 16.8 Å². The van der Waals surface area contributed by atoms with Crippen LogP contribution in [0, 0.1) is 10.1 Å². The Kier molecular flexibility index (Phi) is 3.79. The number of rotatable bonds is 4. The molecule has 0 aliphatic carbocycles. The van der Waals surface area contributed by atoms with Crippen molar-refractivity contribution in [3.05, 3.63) is 39.9 Å². The van der Waals surface area contributed by atoms with E-state index in [0.717, 1.165) is 0 Å². The van der Waals surface area contributed by atoms with Crippen molar-refractivity contribution >= 4 is 27.6 Å². The van der Waals surface area contributed by atoms with Gasteiger partial charge in [-0.05, 0) is 5.56 Å². The molecule has 0 heterocycles. The van der Waals surface area contributed by atoms with Gasteiger partial charge in [0.15, 0.2) is 0 Å². The SMILES string of the molecule is O=C(O)CC(Br)c1cccc([N+](=O)[O-])c1. The van der Waals surface area contributed by atoms with E-state index >= 15 is 0 Å². The summed E-state index contributed by atoms with van der Waals surface area (Å²) in [4.78, 5) is 20.0. The largest absolute Gasteiger partial charge is 0.481 e. The van der Waals surface area contributed by atoms with Crippen LogP contribution in [-0.4, -0.2) is 16.0 Å². The minimum absolute atomic E-state index is 0.0395. The van der Waals surface area contributed by atoms with Crippen molar-refractivity contribution < 1.29 is 14.8 Å². The van der Waals surface area contributed by atoms with Crippen molar-refractivity contribution in [2.24, 2.45) is 0 Å². The van der Waals surface area contributed by atoms with E-state index < -0.39 is 15.7 Å². The average Bonchev–Trinajstić information content (AvgIpc) is 2.17. The van der Waals surface area contributed by atoms with E-state index in [4.69, 9.17) is 5.11 Å². The third kappa shape index (κ3) is 3.32. The van der Waals surface area contributed by atoms with Crippen molar-refractivity contribution in [3.8, 4) is 0 Å². The van der Waals surface area contributed by atoms with Crippen LogP contribution in [0.15, 0.2) is 24.3 Å². The van der Waals surface area contributed by atoms with Crippen molar-refractivity contribution in [1.29, 1.82) is 0 Å². The van der Waals surface area contributed by atoms with Gasteiger partial charge in [0.25, 0.3) is 5.69 Å². The Hall–Kier alpha value is -1.43. The molecule has 0 spiro atoms. The highest BCUT2D eigenvalue weighted by molar-refractivity contribution is 9.09. The lowest BCUT2D eigenvalue weighted by molar-refractivity contribution is -0.384. The van der Waals surface area contributed by atoms with Gasteiger partial charge in [-0.3, -0.25) is 14.9 Å². The highest BCUT2D eigenvalue weighted by Gasteiger charge is 2.14. The van der Waals surface area contributed by atoms with Crippen LogP contribution in [-0.2, 0) is 4.79 Å². The molecule has 1 aromatic carbocycles. The number of carboxylic acids is 1. The summed E-state index contributed by atoms with van der Waals surface area (Å²) >= 11 is 3.17. The third-order valence-electron chi connectivity index (χ3n) is 1.80.